The average molecular weight is 947 g/mol. The van der Waals surface area contributed by atoms with Crippen LogP contribution in [0.2, 0.25) is 0 Å². The molecular weight excluding hydrogens is 892 g/mol. The second kappa shape index (κ2) is 20.0. The van der Waals surface area contributed by atoms with Gasteiger partial charge in [0.1, 0.15) is 17.6 Å². The number of hydrogen-bond acceptors (Lipinski definition) is 10. The number of rotatable bonds is 11. The van der Waals surface area contributed by atoms with E-state index >= 15 is 4.39 Å². The predicted octanol–water partition coefficient (Wildman–Crippen LogP) is 6.07. The van der Waals surface area contributed by atoms with Crippen molar-refractivity contribution in [2.45, 2.75) is 38.1 Å². The summed E-state index contributed by atoms with van der Waals surface area (Å²) in [6.45, 7) is 4.93. The highest BCUT2D eigenvalue weighted by Gasteiger charge is 2.31. The predicted molar refractivity (Wildman–Crippen MR) is 269 cm³/mol. The fraction of sp³-hybridized carbons (Fsp3) is 0.302. The van der Waals surface area contributed by atoms with Crippen molar-refractivity contribution in [3.8, 4) is 22.3 Å². The monoisotopic (exact) mass is 946 g/mol. The number of benzene rings is 5. The summed E-state index contributed by atoms with van der Waals surface area (Å²) in [7, 11) is 6.84. The van der Waals surface area contributed by atoms with Gasteiger partial charge in [-0.1, -0.05) is 30.3 Å². The van der Waals surface area contributed by atoms with E-state index in [2.05, 4.69) is 43.0 Å². The Balaban J connectivity index is 0.000000445. The molecule has 3 aliphatic rings. The molecule has 0 aliphatic carbocycles. The van der Waals surface area contributed by atoms with Crippen LogP contribution in [0.15, 0.2) is 102 Å². The molecule has 16 nitrogen and oxygen atoms in total. The number of imidazole rings is 1. The molecule has 4 amide bonds. The van der Waals surface area contributed by atoms with Crippen molar-refractivity contribution in [3.05, 3.63) is 130 Å². The van der Waals surface area contributed by atoms with Crippen LogP contribution in [0, 0.1) is 5.82 Å². The van der Waals surface area contributed by atoms with Crippen LogP contribution in [0.5, 0.6) is 0 Å². The third-order valence-electron chi connectivity index (χ3n) is 13.7. The lowest BCUT2D eigenvalue weighted by Gasteiger charge is -2.36. The van der Waals surface area contributed by atoms with Crippen LogP contribution >= 0.6 is 0 Å². The highest BCUT2D eigenvalue weighted by molar-refractivity contribution is 6.02. The van der Waals surface area contributed by atoms with Crippen molar-refractivity contribution in [2.75, 3.05) is 68.5 Å². The van der Waals surface area contributed by atoms with Crippen LogP contribution in [0.3, 0.4) is 0 Å². The number of amides is 4. The highest BCUT2D eigenvalue weighted by atomic mass is 19.1. The van der Waals surface area contributed by atoms with Gasteiger partial charge in [0, 0.05) is 108 Å². The summed E-state index contributed by atoms with van der Waals surface area (Å²) in [5.41, 5.74) is 9.00. The normalized spacial score (nSPS) is 16.4. The zero-order valence-corrected chi connectivity index (χ0v) is 39.6. The van der Waals surface area contributed by atoms with Gasteiger partial charge in [0.2, 0.25) is 17.7 Å². The quantitative estimate of drug-likeness (QED) is 0.102. The first-order valence-corrected chi connectivity index (χ1v) is 23.5. The van der Waals surface area contributed by atoms with Gasteiger partial charge in [0.25, 0.3) is 5.91 Å². The van der Waals surface area contributed by atoms with Crippen molar-refractivity contribution in [3.63, 3.8) is 0 Å². The summed E-state index contributed by atoms with van der Waals surface area (Å²) in [4.78, 5) is 79.8. The molecule has 3 saturated heterocycles. The molecule has 10 rings (SSSR count). The van der Waals surface area contributed by atoms with Crippen LogP contribution in [0.25, 0.3) is 44.2 Å². The number of carbonyl (C=O) groups is 5. The third kappa shape index (κ3) is 9.19. The van der Waals surface area contributed by atoms with Gasteiger partial charge in [-0.2, -0.15) is 5.10 Å². The minimum Gasteiger partial charge on any atom is -0.388 e. The first-order chi connectivity index (χ1) is 33.9. The second-order valence-corrected chi connectivity index (χ2v) is 17.9. The number of aromatic nitrogens is 4. The Hall–Kier alpha value is -7.92. The molecule has 3 N–H and O–H groups in total. The summed E-state index contributed by atoms with van der Waals surface area (Å²) in [6, 6.07) is 30.0. The molecule has 0 radical (unpaired) electrons. The molecule has 7 aromatic rings. The lowest BCUT2D eigenvalue weighted by Crippen LogP contribution is -2.47. The number of nitrogens with zero attached hydrogens (tertiary/aromatic N) is 7. The van der Waals surface area contributed by atoms with E-state index in [4.69, 9.17) is 0 Å². The minimum absolute atomic E-state index is 0.0518. The Labute approximate surface area is 403 Å². The second-order valence-electron chi connectivity index (χ2n) is 17.9. The Morgan fingerprint density at radius 2 is 1.54 bits per heavy atom. The van der Waals surface area contributed by atoms with Crippen molar-refractivity contribution in [1.29, 1.82) is 0 Å². The number of hydrogen-bond donors (Lipinski definition) is 3. The standard InChI is InChI=1S/C44H43FN8O5.C9H12N2O/c1-48-38-24-27(5-13-35(38)53(44(48)58)37-15-16-39(55)46-43(37)57)17-19-50-20-22-51(23-21-50)29-8-6-28(7-9-29)33-25-30(52-18-3-4-40(52)56)10-11-31(33)32-12-14-36-41(42(32)45)34(26-54)47-49(36)2;1-10-8-5-3-4-7(6-8)9(12)11-2/h5-14,24-26,37H,3-4,15-23H2,1-2H3,(H,46,55,57);3-6,10H,1-2H3,(H,11,12). The summed E-state index contributed by atoms with van der Waals surface area (Å²) in [5, 5.41) is 12.3. The molecule has 5 aromatic carbocycles. The van der Waals surface area contributed by atoms with Gasteiger partial charge in [-0.3, -0.25) is 48.0 Å². The Morgan fingerprint density at radius 1 is 0.800 bits per heavy atom. The maximum absolute atomic E-state index is 16.3. The van der Waals surface area contributed by atoms with Gasteiger partial charge < -0.3 is 20.4 Å². The van der Waals surface area contributed by atoms with Crippen LogP contribution in [-0.2, 0) is 34.9 Å². The van der Waals surface area contributed by atoms with Crippen molar-refractivity contribution >= 4 is 68.9 Å². The number of fused-ring (bicyclic) bond motifs is 2. The topological polar surface area (TPSA) is 176 Å². The number of nitrogens with one attached hydrogen (secondary N) is 3. The molecule has 1 atom stereocenters. The number of aryl methyl sites for hydroxylation is 2. The molecule has 3 aliphatic heterocycles. The van der Waals surface area contributed by atoms with E-state index in [1.54, 1.807) is 54.9 Å². The lowest BCUT2D eigenvalue weighted by molar-refractivity contribution is -0.135. The van der Waals surface area contributed by atoms with Crippen LogP contribution in [-0.4, -0.2) is 107 Å². The molecule has 3 fully saturated rings. The Bertz CT molecular complexity index is 3240. The largest absolute Gasteiger partial charge is 0.388 e. The SMILES string of the molecule is CNC(=O)c1cccc(NC)c1.Cn1nc(C=O)c2c(F)c(-c3ccc(N4CCCC4=O)cc3-c3ccc(N4CCN(CCc5ccc6c(c5)n(C)c(=O)n6C5CCC(=O)NC5=O)CC4)cc3)ccc21. The first-order valence-electron chi connectivity index (χ1n) is 23.5. The number of piperidine rings is 1. The minimum atomic E-state index is -0.709. The molecular formula is C53H55FN10O6. The molecule has 70 heavy (non-hydrogen) atoms. The van der Waals surface area contributed by atoms with E-state index in [0.29, 0.717) is 53.4 Å². The summed E-state index contributed by atoms with van der Waals surface area (Å²) in [6.07, 6.45) is 3.18. The zero-order valence-electron chi connectivity index (χ0n) is 39.6. The number of halogens is 1. The van der Waals surface area contributed by atoms with Gasteiger partial charge in [-0.05, 0) is 108 Å². The molecule has 17 heteroatoms. The smallest absolute Gasteiger partial charge is 0.329 e. The van der Waals surface area contributed by atoms with Gasteiger partial charge >= 0.3 is 5.69 Å². The van der Waals surface area contributed by atoms with Crippen LogP contribution < -0.4 is 31.4 Å². The fourth-order valence-corrected chi connectivity index (χ4v) is 9.85. The van der Waals surface area contributed by atoms with E-state index in [1.165, 1.54) is 9.25 Å². The first kappa shape index (κ1) is 47.2. The van der Waals surface area contributed by atoms with Crippen molar-refractivity contribution in [2.24, 2.45) is 14.1 Å². The number of imide groups is 1. The van der Waals surface area contributed by atoms with Crippen LogP contribution in [0.1, 0.15) is 58.1 Å². The van der Waals surface area contributed by atoms with E-state index in [-0.39, 0.29) is 40.9 Å². The van der Waals surface area contributed by atoms with E-state index in [9.17, 15) is 28.8 Å². The molecule has 360 valence electrons. The maximum atomic E-state index is 16.3. The summed E-state index contributed by atoms with van der Waals surface area (Å²) in [5.74, 6) is -1.26. The Kier molecular flexibility index (Phi) is 13.5. The van der Waals surface area contributed by atoms with E-state index in [0.717, 1.165) is 84.8 Å². The van der Waals surface area contributed by atoms with Gasteiger partial charge in [0.05, 0.1) is 21.9 Å². The summed E-state index contributed by atoms with van der Waals surface area (Å²) < 4.78 is 20.9. The molecule has 2 aromatic heterocycles. The maximum Gasteiger partial charge on any atom is 0.329 e. The molecule has 0 bridgehead atoms. The average Bonchev–Trinajstić information content (AvgIpc) is 4.05. The van der Waals surface area contributed by atoms with E-state index in [1.807, 2.05) is 67.7 Å². The van der Waals surface area contributed by atoms with Gasteiger partial charge in [-0.15, -0.1) is 0 Å². The molecule has 5 heterocycles. The number of carbonyl (C=O) groups excluding carboxylic acids is 5. The van der Waals surface area contributed by atoms with Crippen molar-refractivity contribution in [1.82, 2.24) is 34.4 Å². The number of aldehydes is 1. The fourth-order valence-electron chi connectivity index (χ4n) is 9.85. The Morgan fingerprint density at radius 3 is 2.24 bits per heavy atom. The highest BCUT2D eigenvalue weighted by Crippen LogP contribution is 2.40. The third-order valence-corrected chi connectivity index (χ3v) is 13.7. The zero-order chi connectivity index (χ0) is 49.2. The number of piperazine rings is 1. The molecule has 1 unspecified atom stereocenters. The van der Waals surface area contributed by atoms with Gasteiger partial charge in [0.15, 0.2) is 6.29 Å². The molecule has 0 saturated carbocycles. The lowest BCUT2D eigenvalue weighted by atomic mass is 9.92. The molecule has 0 spiro atoms. The number of anilines is 3. The van der Waals surface area contributed by atoms with E-state index < -0.39 is 17.8 Å². The van der Waals surface area contributed by atoms with Gasteiger partial charge in [-0.25, -0.2) is 9.18 Å². The van der Waals surface area contributed by atoms with Crippen molar-refractivity contribution < 1.29 is 28.4 Å². The van der Waals surface area contributed by atoms with Crippen LogP contribution in [0.4, 0.5) is 21.5 Å². The summed E-state index contributed by atoms with van der Waals surface area (Å²) >= 11 is 0.